The predicted molar refractivity (Wildman–Crippen MR) is 259 cm³/mol. The Kier molecular flexibility index (Phi) is 8.51. The number of aromatic nitrogens is 2. The van der Waals surface area contributed by atoms with Gasteiger partial charge in [0.05, 0.1) is 11.4 Å². The summed E-state index contributed by atoms with van der Waals surface area (Å²) in [5.41, 5.74) is 13.4. The van der Waals surface area contributed by atoms with E-state index >= 15 is 0 Å². The number of furan rings is 1. The highest BCUT2D eigenvalue weighted by Gasteiger charge is 2.48. The topological polar surface area (TPSA) is 38.9 Å². The molecule has 9 aromatic carbocycles. The molecule has 0 unspecified atom stereocenters. The molecule has 0 amide bonds. The van der Waals surface area contributed by atoms with E-state index in [0.717, 1.165) is 72.3 Å². The number of benzene rings is 9. The smallest absolute Gasteiger partial charge is 0.180 e. The van der Waals surface area contributed by atoms with E-state index in [2.05, 4.69) is 212 Å². The summed E-state index contributed by atoms with van der Waals surface area (Å²) in [7, 11) is -2.72. The molecule has 2 aromatic heterocycles. The average Bonchev–Trinajstić information content (AvgIpc) is 3.89. The molecule has 0 aliphatic carbocycles. The van der Waals surface area contributed by atoms with E-state index in [9.17, 15) is 0 Å². The quantitative estimate of drug-likeness (QED) is 0.151. The van der Waals surface area contributed by atoms with Gasteiger partial charge in [-0.2, -0.15) is 0 Å². The van der Waals surface area contributed by atoms with Crippen molar-refractivity contribution in [1.29, 1.82) is 0 Å². The minimum Gasteiger partial charge on any atom is -0.455 e. The maximum absolute atomic E-state index is 6.60. The Morgan fingerprint density at radius 2 is 0.871 bits per heavy atom. The highest BCUT2D eigenvalue weighted by molar-refractivity contribution is 7.22. The van der Waals surface area contributed by atoms with Crippen molar-refractivity contribution in [2.45, 2.75) is 0 Å². The third-order valence-electron chi connectivity index (χ3n) is 12.6. The molecule has 0 radical (unpaired) electrons. The first-order valence-electron chi connectivity index (χ1n) is 21.1. The summed E-state index contributed by atoms with van der Waals surface area (Å²) < 4.78 is 6.60. The number of hydrogen-bond donors (Lipinski definition) is 0. The normalized spacial score (nSPS) is 12.6. The van der Waals surface area contributed by atoms with Gasteiger partial charge in [0.15, 0.2) is 13.9 Å². The van der Waals surface area contributed by atoms with Gasteiger partial charge in [-0.1, -0.05) is 200 Å². The second-order valence-corrected chi connectivity index (χ2v) is 19.8. The van der Waals surface area contributed by atoms with Crippen molar-refractivity contribution in [1.82, 2.24) is 9.97 Å². The molecule has 3 nitrogen and oxygen atoms in total. The fourth-order valence-electron chi connectivity index (χ4n) is 9.77. The lowest BCUT2D eigenvalue weighted by Gasteiger charge is -2.31. The number of hydrogen-bond acceptors (Lipinski definition) is 3. The standard InChI is InChI=1S/C58H38N2OSi/c1-5-18-39(19-6-1)42-34-43(47-28-17-29-51-48-26-13-15-30-54(48)61-57(47)51)36-44(35-42)53-38-52(59-58(60-53)40-20-7-2-8-21-40)41-32-33-50-49-27-14-16-31-55(49)62(56(50)37-41,45-22-9-3-10-23-45)46-24-11-4-12-25-46/h1-38H. The van der Waals surface area contributed by atoms with Gasteiger partial charge in [-0.3, -0.25) is 0 Å². The Labute approximate surface area is 361 Å². The van der Waals surface area contributed by atoms with Crippen LogP contribution in [0.15, 0.2) is 235 Å². The molecule has 4 heteroatoms. The van der Waals surface area contributed by atoms with E-state index in [1.54, 1.807) is 0 Å². The van der Waals surface area contributed by atoms with Crippen molar-refractivity contribution in [3.63, 3.8) is 0 Å². The molecule has 3 heterocycles. The summed E-state index contributed by atoms with van der Waals surface area (Å²) in [6, 6.07) is 83.0. The molecule has 11 aromatic rings. The zero-order valence-corrected chi connectivity index (χ0v) is 34.7. The van der Waals surface area contributed by atoms with Crippen LogP contribution < -0.4 is 20.7 Å². The van der Waals surface area contributed by atoms with Crippen LogP contribution in [0.25, 0.3) is 89.2 Å². The van der Waals surface area contributed by atoms with Gasteiger partial charge in [-0.25, -0.2) is 9.97 Å². The molecule has 0 spiro atoms. The van der Waals surface area contributed by atoms with Crippen molar-refractivity contribution < 1.29 is 4.42 Å². The third-order valence-corrected chi connectivity index (χ3v) is 17.4. The molecule has 290 valence electrons. The average molecular weight is 807 g/mol. The third kappa shape index (κ3) is 5.80. The number of rotatable bonds is 7. The first-order valence-corrected chi connectivity index (χ1v) is 23.1. The highest BCUT2D eigenvalue weighted by Crippen LogP contribution is 2.40. The molecule has 12 rings (SSSR count). The van der Waals surface area contributed by atoms with E-state index < -0.39 is 8.07 Å². The van der Waals surface area contributed by atoms with E-state index in [4.69, 9.17) is 14.4 Å². The SMILES string of the molecule is c1ccc(-c2cc(-c3cc(-c4ccc5c(c4)[Si](c4ccccc4)(c4ccccc4)c4ccccc4-5)nc(-c4ccccc4)n3)cc(-c3cccc4c3oc3ccccc34)c2)cc1. The first kappa shape index (κ1) is 36.0. The maximum atomic E-state index is 6.60. The molecule has 0 atom stereocenters. The van der Waals surface area contributed by atoms with Gasteiger partial charge in [0.25, 0.3) is 0 Å². The largest absolute Gasteiger partial charge is 0.455 e. The maximum Gasteiger partial charge on any atom is 0.180 e. The summed E-state index contributed by atoms with van der Waals surface area (Å²) >= 11 is 0. The zero-order valence-electron chi connectivity index (χ0n) is 33.7. The van der Waals surface area contributed by atoms with Crippen molar-refractivity contribution in [2.75, 3.05) is 0 Å². The van der Waals surface area contributed by atoms with Gasteiger partial charge >= 0.3 is 0 Å². The number of para-hydroxylation sites is 2. The molecule has 62 heavy (non-hydrogen) atoms. The zero-order chi connectivity index (χ0) is 41.0. The number of nitrogens with zero attached hydrogens (tertiary/aromatic N) is 2. The van der Waals surface area contributed by atoms with E-state index in [1.165, 1.54) is 31.9 Å². The van der Waals surface area contributed by atoms with Crippen LogP contribution in [0, 0.1) is 0 Å². The summed E-state index contributed by atoms with van der Waals surface area (Å²) in [6.45, 7) is 0. The molecule has 0 bridgehead atoms. The highest BCUT2D eigenvalue weighted by atomic mass is 28.3. The van der Waals surface area contributed by atoms with Crippen LogP contribution in [-0.2, 0) is 0 Å². The van der Waals surface area contributed by atoms with Gasteiger partial charge in [-0.05, 0) is 78.9 Å². The van der Waals surface area contributed by atoms with Crippen LogP contribution in [0.1, 0.15) is 0 Å². The lowest BCUT2D eigenvalue weighted by atomic mass is 9.93. The molecule has 0 N–H and O–H groups in total. The van der Waals surface area contributed by atoms with Crippen LogP contribution in [0.3, 0.4) is 0 Å². The Morgan fingerprint density at radius 1 is 0.323 bits per heavy atom. The van der Waals surface area contributed by atoms with Crippen molar-refractivity contribution in [3.8, 4) is 67.3 Å². The lowest BCUT2D eigenvalue weighted by molar-refractivity contribution is 0.670. The van der Waals surface area contributed by atoms with E-state index in [-0.39, 0.29) is 0 Å². The van der Waals surface area contributed by atoms with E-state index in [0.29, 0.717) is 5.82 Å². The molecule has 0 saturated carbocycles. The first-order chi connectivity index (χ1) is 30.7. The van der Waals surface area contributed by atoms with Crippen LogP contribution in [0.5, 0.6) is 0 Å². The Balaban J connectivity index is 1.10. The predicted octanol–water partition coefficient (Wildman–Crippen LogP) is 12.1. The van der Waals surface area contributed by atoms with Gasteiger partial charge in [0.1, 0.15) is 11.2 Å². The van der Waals surface area contributed by atoms with E-state index in [1.807, 2.05) is 18.2 Å². The molecular weight excluding hydrogens is 769 g/mol. The molecular formula is C58H38N2OSi. The van der Waals surface area contributed by atoms with Crippen LogP contribution in [0.4, 0.5) is 0 Å². The molecule has 1 aliphatic rings. The Hall–Kier alpha value is -7.92. The van der Waals surface area contributed by atoms with Crippen LogP contribution in [-0.4, -0.2) is 18.0 Å². The second kappa shape index (κ2) is 14.7. The fourth-order valence-corrected chi connectivity index (χ4v) is 15.0. The monoisotopic (exact) mass is 806 g/mol. The van der Waals surface area contributed by atoms with Gasteiger partial charge < -0.3 is 4.42 Å². The van der Waals surface area contributed by atoms with Crippen molar-refractivity contribution in [2.24, 2.45) is 0 Å². The van der Waals surface area contributed by atoms with Crippen LogP contribution in [0.2, 0.25) is 0 Å². The van der Waals surface area contributed by atoms with Gasteiger partial charge in [0, 0.05) is 33.0 Å². The fraction of sp³-hybridized carbons (Fsp3) is 0. The minimum atomic E-state index is -2.72. The Bertz CT molecular complexity index is 3420. The Morgan fingerprint density at radius 3 is 1.61 bits per heavy atom. The molecule has 0 saturated heterocycles. The summed E-state index contributed by atoms with van der Waals surface area (Å²) in [4.78, 5) is 10.8. The molecule has 1 aliphatic heterocycles. The number of fused-ring (bicyclic) bond motifs is 6. The van der Waals surface area contributed by atoms with Crippen LogP contribution >= 0.6 is 0 Å². The van der Waals surface area contributed by atoms with Gasteiger partial charge in [-0.15, -0.1) is 0 Å². The molecule has 0 fully saturated rings. The summed E-state index contributed by atoms with van der Waals surface area (Å²) in [5.74, 6) is 0.683. The summed E-state index contributed by atoms with van der Waals surface area (Å²) in [5, 5.41) is 7.75. The van der Waals surface area contributed by atoms with Crippen molar-refractivity contribution in [3.05, 3.63) is 231 Å². The second-order valence-electron chi connectivity index (χ2n) is 16.1. The minimum absolute atomic E-state index is 0.683. The van der Waals surface area contributed by atoms with Gasteiger partial charge in [0.2, 0.25) is 0 Å². The van der Waals surface area contributed by atoms with Crippen molar-refractivity contribution >= 4 is 50.8 Å². The summed E-state index contributed by atoms with van der Waals surface area (Å²) in [6.07, 6.45) is 0. The lowest BCUT2D eigenvalue weighted by Crippen LogP contribution is -2.72.